The molecule has 3 rings (SSSR count). The minimum Gasteiger partial charge on any atom is -0.340 e. The largest absolute Gasteiger partial charge is 0.340 e. The molecule has 0 unspecified atom stereocenters. The average molecular weight is 484 g/mol. The highest BCUT2D eigenvalue weighted by Gasteiger charge is 2.27. The Labute approximate surface area is 189 Å². The van der Waals surface area contributed by atoms with Crippen LogP contribution in [-0.4, -0.2) is 40.2 Å². The summed E-state index contributed by atoms with van der Waals surface area (Å²) in [6.45, 7) is 3.69. The summed E-state index contributed by atoms with van der Waals surface area (Å²) in [5.41, 5.74) is 1.23. The molecular weight excluding hydrogens is 464 g/mol. The van der Waals surface area contributed by atoms with Crippen LogP contribution in [0.3, 0.4) is 0 Å². The van der Waals surface area contributed by atoms with Gasteiger partial charge in [-0.25, -0.2) is 15.0 Å². The first-order valence-electron chi connectivity index (χ1n) is 9.34. The molecule has 2 aromatic heterocycles. The Balaban J connectivity index is 1.83. The number of fused-ring (bicyclic) bond motifs is 1. The van der Waals surface area contributed by atoms with E-state index in [-0.39, 0.29) is 19.0 Å². The van der Waals surface area contributed by atoms with Gasteiger partial charge in [0.1, 0.15) is 24.1 Å². The lowest BCUT2D eigenvalue weighted by atomic mass is 10.2. The molecule has 2 heterocycles. The average Bonchev–Trinajstić information content (AvgIpc) is 2.71. The number of amides is 1. The summed E-state index contributed by atoms with van der Waals surface area (Å²) >= 11 is 12.0. The Hall–Kier alpha value is -2.29. The molecule has 3 aromatic rings. The van der Waals surface area contributed by atoms with E-state index in [2.05, 4.69) is 25.6 Å². The van der Waals surface area contributed by atoms with Crippen molar-refractivity contribution in [3.05, 3.63) is 46.8 Å². The number of hydrogen-bond acceptors (Lipinski definition) is 8. The summed E-state index contributed by atoms with van der Waals surface area (Å²) in [4.78, 5) is 25.0. The van der Waals surface area contributed by atoms with Crippen LogP contribution in [0.2, 0.25) is 10.0 Å². The number of rotatable bonds is 9. The number of carbonyl (C=O) groups excluding carboxylic acids is 1. The van der Waals surface area contributed by atoms with Gasteiger partial charge in [-0.2, -0.15) is 0 Å². The van der Waals surface area contributed by atoms with Crippen LogP contribution in [0.25, 0.3) is 10.9 Å². The highest BCUT2D eigenvalue weighted by atomic mass is 35.5. The molecule has 0 fully saturated rings. The highest BCUT2D eigenvalue weighted by molar-refractivity contribution is 7.54. The summed E-state index contributed by atoms with van der Waals surface area (Å²) in [6, 6.07) is 6.70. The van der Waals surface area contributed by atoms with Crippen molar-refractivity contribution < 1.29 is 18.4 Å². The number of benzene rings is 1. The topological polar surface area (TPSA) is 115 Å². The third-order valence-electron chi connectivity index (χ3n) is 3.96. The van der Waals surface area contributed by atoms with E-state index in [9.17, 15) is 9.36 Å². The van der Waals surface area contributed by atoms with Crippen LogP contribution in [0.15, 0.2) is 36.8 Å². The van der Waals surface area contributed by atoms with Crippen LogP contribution in [0.1, 0.15) is 13.8 Å². The van der Waals surface area contributed by atoms with Crippen LogP contribution in [0.4, 0.5) is 17.3 Å². The lowest BCUT2D eigenvalue weighted by molar-refractivity contribution is -0.114. The molecule has 0 atom stereocenters. The van der Waals surface area contributed by atoms with Gasteiger partial charge in [-0.15, -0.1) is 0 Å². The van der Waals surface area contributed by atoms with Crippen LogP contribution in [-0.2, 0) is 18.4 Å². The molecule has 0 saturated carbocycles. The zero-order valence-corrected chi connectivity index (χ0v) is 19.2. The smallest absolute Gasteiger partial charge is 0.340 e. The highest BCUT2D eigenvalue weighted by Crippen LogP contribution is 2.47. The molecule has 0 aliphatic rings. The second-order valence-corrected chi connectivity index (χ2v) is 9.08. The molecule has 0 saturated heterocycles. The van der Waals surface area contributed by atoms with Crippen LogP contribution >= 0.6 is 30.8 Å². The van der Waals surface area contributed by atoms with E-state index in [0.717, 1.165) is 0 Å². The fourth-order valence-corrected chi connectivity index (χ4v) is 4.49. The number of halogens is 2. The predicted octanol–water partition coefficient (Wildman–Crippen LogP) is 5.28. The van der Waals surface area contributed by atoms with Crippen molar-refractivity contribution in [2.75, 3.05) is 30.0 Å². The maximum absolute atomic E-state index is 12.6. The number of aromatic nitrogens is 3. The molecule has 0 bridgehead atoms. The maximum Gasteiger partial charge on any atom is 0.340 e. The third-order valence-corrected chi connectivity index (χ3v) is 6.68. The SMILES string of the molecule is CCOP(=O)(CC(=O)Nc1cc2c(Nc3ccc(Cl)c(Cl)c3)ncnc2cn1)OCC. The van der Waals surface area contributed by atoms with Crippen molar-refractivity contribution in [2.24, 2.45) is 0 Å². The molecule has 0 aliphatic carbocycles. The molecule has 9 nitrogen and oxygen atoms in total. The first-order valence-corrected chi connectivity index (χ1v) is 11.8. The van der Waals surface area contributed by atoms with Gasteiger partial charge in [-0.1, -0.05) is 23.2 Å². The summed E-state index contributed by atoms with van der Waals surface area (Å²) in [7, 11) is -3.52. The minimum absolute atomic E-state index is 0.167. The summed E-state index contributed by atoms with van der Waals surface area (Å²) in [6.07, 6.45) is 2.47. The molecule has 0 aliphatic heterocycles. The quantitative estimate of drug-likeness (QED) is 0.395. The van der Waals surface area contributed by atoms with Crippen molar-refractivity contribution in [3.8, 4) is 0 Å². The molecule has 0 radical (unpaired) electrons. The van der Waals surface area contributed by atoms with E-state index in [0.29, 0.717) is 32.5 Å². The minimum atomic E-state index is -3.52. The van der Waals surface area contributed by atoms with Crippen molar-refractivity contribution >= 4 is 64.9 Å². The zero-order chi connectivity index (χ0) is 22.4. The summed E-state index contributed by atoms with van der Waals surface area (Å²) in [5, 5.41) is 7.20. The number of nitrogens with zero attached hydrogens (tertiary/aromatic N) is 3. The molecular formula is C19H20Cl2N5O4P. The zero-order valence-electron chi connectivity index (χ0n) is 16.8. The number of carbonyl (C=O) groups is 1. The van der Waals surface area contributed by atoms with E-state index in [4.69, 9.17) is 32.2 Å². The van der Waals surface area contributed by atoms with Gasteiger partial charge < -0.3 is 19.7 Å². The number of nitrogens with one attached hydrogen (secondary N) is 2. The Kier molecular flexibility index (Phi) is 7.80. The van der Waals surface area contributed by atoms with Gasteiger partial charge in [0.15, 0.2) is 0 Å². The lowest BCUT2D eigenvalue weighted by Crippen LogP contribution is -2.19. The fraction of sp³-hybridized carbons (Fsp3) is 0.263. The van der Waals surface area contributed by atoms with Gasteiger partial charge in [-0.3, -0.25) is 9.36 Å². The molecule has 2 N–H and O–H groups in total. The third kappa shape index (κ3) is 6.12. The Morgan fingerprint density at radius 2 is 1.81 bits per heavy atom. The number of pyridine rings is 1. The summed E-state index contributed by atoms with van der Waals surface area (Å²) < 4.78 is 22.9. The molecule has 1 amide bonds. The van der Waals surface area contributed by atoms with Crippen molar-refractivity contribution in [1.82, 2.24) is 15.0 Å². The standard InChI is InChI=1S/C19H20Cl2N5O4P/c1-3-29-31(28,30-4-2)10-18(27)26-17-8-13-16(9-22-17)23-11-24-19(13)25-12-5-6-14(20)15(21)7-12/h5-9,11H,3-4,10H2,1-2H3,(H,22,26,27)(H,23,24,25). The van der Waals surface area contributed by atoms with Crippen LogP contribution < -0.4 is 10.6 Å². The van der Waals surface area contributed by atoms with E-state index in [1.54, 1.807) is 38.1 Å². The van der Waals surface area contributed by atoms with Gasteiger partial charge >= 0.3 is 7.60 Å². The van der Waals surface area contributed by atoms with Gasteiger partial charge in [0.25, 0.3) is 0 Å². The second kappa shape index (κ2) is 10.3. The maximum atomic E-state index is 12.6. The van der Waals surface area contributed by atoms with E-state index < -0.39 is 19.7 Å². The molecule has 1 aromatic carbocycles. The second-order valence-electron chi connectivity index (χ2n) is 6.22. The predicted molar refractivity (Wildman–Crippen MR) is 121 cm³/mol. The first kappa shape index (κ1) is 23.4. The van der Waals surface area contributed by atoms with Crippen molar-refractivity contribution in [2.45, 2.75) is 13.8 Å². The Morgan fingerprint density at radius 1 is 1.06 bits per heavy atom. The Morgan fingerprint density at radius 3 is 2.48 bits per heavy atom. The van der Waals surface area contributed by atoms with Crippen molar-refractivity contribution in [3.63, 3.8) is 0 Å². The van der Waals surface area contributed by atoms with Gasteiger partial charge in [0, 0.05) is 11.1 Å². The normalized spacial score (nSPS) is 11.5. The summed E-state index contributed by atoms with van der Waals surface area (Å²) in [5.74, 6) is 0.174. The number of hydrogen-bond donors (Lipinski definition) is 2. The molecule has 12 heteroatoms. The number of anilines is 3. The van der Waals surface area contributed by atoms with Crippen LogP contribution in [0, 0.1) is 0 Å². The van der Waals surface area contributed by atoms with E-state index >= 15 is 0 Å². The fourth-order valence-electron chi connectivity index (χ4n) is 2.72. The van der Waals surface area contributed by atoms with Crippen molar-refractivity contribution in [1.29, 1.82) is 0 Å². The van der Waals surface area contributed by atoms with E-state index in [1.807, 2.05) is 0 Å². The van der Waals surface area contributed by atoms with Crippen LogP contribution in [0.5, 0.6) is 0 Å². The Bertz CT molecular complexity index is 1140. The van der Waals surface area contributed by atoms with Gasteiger partial charge in [-0.05, 0) is 38.1 Å². The molecule has 31 heavy (non-hydrogen) atoms. The van der Waals surface area contributed by atoms with E-state index in [1.165, 1.54) is 12.5 Å². The molecule has 0 spiro atoms. The lowest BCUT2D eigenvalue weighted by Gasteiger charge is -2.16. The molecule has 164 valence electrons. The first-order chi connectivity index (χ1) is 14.8. The monoisotopic (exact) mass is 483 g/mol. The van der Waals surface area contributed by atoms with Gasteiger partial charge in [0.05, 0.1) is 35.0 Å². The van der Waals surface area contributed by atoms with Gasteiger partial charge in [0.2, 0.25) is 5.91 Å².